The van der Waals surface area contributed by atoms with Gasteiger partial charge in [0.1, 0.15) is 15.8 Å². The summed E-state index contributed by atoms with van der Waals surface area (Å²) in [6, 6.07) is 14.2. The third-order valence-electron chi connectivity index (χ3n) is 6.17. The maximum atomic E-state index is 13.6. The fraction of sp³-hybridized carbons (Fsp3) is 0.280. The average molecular weight is 492 g/mol. The number of fused-ring (bicyclic) bond motifs is 1. The van der Waals surface area contributed by atoms with E-state index in [2.05, 4.69) is 34.1 Å². The lowest BCUT2D eigenvalue weighted by molar-refractivity contribution is -0.121. The molecule has 2 fully saturated rings. The minimum Gasteiger partial charge on any atom is -0.353 e. The molecule has 2 aliphatic rings. The number of carbonyl (C=O) groups excluding carboxylic acids is 1. The Kier molecular flexibility index (Phi) is 6.24. The van der Waals surface area contributed by atoms with Crippen LogP contribution in [-0.2, 0) is 11.3 Å². The third kappa shape index (κ3) is 4.38. The molecule has 5 rings (SSSR count). The number of benzene rings is 1. The number of aromatic nitrogens is 2. The van der Waals surface area contributed by atoms with Gasteiger partial charge in [0.05, 0.1) is 10.5 Å². The zero-order chi connectivity index (χ0) is 23.8. The van der Waals surface area contributed by atoms with Crippen molar-refractivity contribution in [1.29, 1.82) is 0 Å². The van der Waals surface area contributed by atoms with Crippen LogP contribution >= 0.6 is 24.0 Å². The normalized spacial score (nSPS) is 18.5. The van der Waals surface area contributed by atoms with E-state index >= 15 is 0 Å². The summed E-state index contributed by atoms with van der Waals surface area (Å²) in [5, 5.41) is 0. The highest BCUT2D eigenvalue weighted by Gasteiger charge is 2.30. The van der Waals surface area contributed by atoms with E-state index in [0.717, 1.165) is 38.3 Å². The fourth-order valence-corrected chi connectivity index (χ4v) is 5.41. The van der Waals surface area contributed by atoms with Gasteiger partial charge in [0, 0.05) is 46.0 Å². The summed E-state index contributed by atoms with van der Waals surface area (Å²) in [6.45, 7) is 6.05. The van der Waals surface area contributed by atoms with Crippen LogP contribution in [-0.4, -0.2) is 62.6 Å². The van der Waals surface area contributed by atoms with E-state index in [1.807, 2.05) is 25.1 Å². The number of rotatable bonds is 4. The zero-order valence-electron chi connectivity index (χ0n) is 19.1. The SMILES string of the molecule is Cc1ccc2nc(N3CCN(Cc4ccccc4)CC3)c(/C=C3/SC(=S)N(C)C3=O)c(=O)n2c1. The number of pyridine rings is 1. The van der Waals surface area contributed by atoms with Crippen molar-refractivity contribution in [2.75, 3.05) is 38.1 Å². The van der Waals surface area contributed by atoms with Gasteiger partial charge in [-0.25, -0.2) is 4.98 Å². The number of hydrogen-bond donors (Lipinski definition) is 0. The van der Waals surface area contributed by atoms with Crippen molar-refractivity contribution in [3.05, 3.63) is 80.6 Å². The molecule has 2 saturated heterocycles. The van der Waals surface area contributed by atoms with Crippen LogP contribution in [0.2, 0.25) is 0 Å². The quantitative estimate of drug-likeness (QED) is 0.410. The number of hydrogen-bond acceptors (Lipinski definition) is 7. The van der Waals surface area contributed by atoms with Crippen LogP contribution in [0.3, 0.4) is 0 Å². The number of thiocarbonyl (C=S) groups is 1. The first-order valence-electron chi connectivity index (χ1n) is 11.2. The Hall–Kier alpha value is -3.01. The van der Waals surface area contributed by atoms with E-state index in [1.54, 1.807) is 23.7 Å². The largest absolute Gasteiger partial charge is 0.353 e. The number of carbonyl (C=O) groups is 1. The lowest BCUT2D eigenvalue weighted by Gasteiger charge is -2.36. The molecule has 2 aromatic heterocycles. The summed E-state index contributed by atoms with van der Waals surface area (Å²) in [6.07, 6.45) is 3.45. The van der Waals surface area contributed by atoms with Crippen LogP contribution in [0.1, 0.15) is 16.7 Å². The molecule has 9 heteroatoms. The Morgan fingerprint density at radius 1 is 1.06 bits per heavy atom. The minimum absolute atomic E-state index is 0.184. The number of likely N-dealkylation sites (N-methyl/N-ethyl adjacent to an activating group) is 1. The zero-order valence-corrected chi connectivity index (χ0v) is 20.7. The lowest BCUT2D eigenvalue weighted by Crippen LogP contribution is -2.47. The van der Waals surface area contributed by atoms with Crippen molar-refractivity contribution >= 4 is 51.7 Å². The molecule has 2 aliphatic heterocycles. The van der Waals surface area contributed by atoms with Gasteiger partial charge in [-0.15, -0.1) is 0 Å². The van der Waals surface area contributed by atoms with Crippen LogP contribution in [0, 0.1) is 6.92 Å². The number of thioether (sulfide) groups is 1. The first-order chi connectivity index (χ1) is 16.4. The van der Waals surface area contributed by atoms with E-state index in [1.165, 1.54) is 22.2 Å². The Labute approximate surface area is 207 Å². The summed E-state index contributed by atoms with van der Waals surface area (Å²) in [5.74, 6) is 0.428. The molecule has 0 aliphatic carbocycles. The van der Waals surface area contributed by atoms with E-state index in [0.29, 0.717) is 26.3 Å². The van der Waals surface area contributed by atoms with E-state index in [4.69, 9.17) is 17.2 Å². The summed E-state index contributed by atoms with van der Waals surface area (Å²) in [5.41, 5.74) is 3.09. The average Bonchev–Trinajstić information content (AvgIpc) is 3.09. The molecule has 1 amide bonds. The Balaban J connectivity index is 1.50. The van der Waals surface area contributed by atoms with Crippen molar-refractivity contribution in [2.45, 2.75) is 13.5 Å². The summed E-state index contributed by atoms with van der Waals surface area (Å²) < 4.78 is 2.04. The molecule has 0 spiro atoms. The molecular weight excluding hydrogens is 466 g/mol. The van der Waals surface area contributed by atoms with Crippen LogP contribution in [0.15, 0.2) is 58.4 Å². The number of amides is 1. The van der Waals surface area contributed by atoms with E-state index in [9.17, 15) is 9.59 Å². The Morgan fingerprint density at radius 3 is 2.47 bits per heavy atom. The van der Waals surface area contributed by atoms with Gasteiger partial charge >= 0.3 is 0 Å². The second kappa shape index (κ2) is 9.32. The molecule has 0 saturated carbocycles. The molecule has 7 nitrogen and oxygen atoms in total. The van der Waals surface area contributed by atoms with Crippen molar-refractivity contribution in [1.82, 2.24) is 19.2 Å². The molecule has 4 heterocycles. The van der Waals surface area contributed by atoms with Gasteiger partial charge in [-0.3, -0.25) is 23.8 Å². The molecule has 0 atom stereocenters. The highest BCUT2D eigenvalue weighted by atomic mass is 32.2. The van der Waals surface area contributed by atoms with Gasteiger partial charge in [-0.1, -0.05) is 60.4 Å². The predicted molar refractivity (Wildman–Crippen MR) is 141 cm³/mol. The maximum absolute atomic E-state index is 13.6. The van der Waals surface area contributed by atoms with Gasteiger partial charge < -0.3 is 4.90 Å². The fourth-order valence-electron chi connectivity index (χ4n) is 4.25. The van der Waals surface area contributed by atoms with Crippen molar-refractivity contribution in [2.24, 2.45) is 0 Å². The second-order valence-electron chi connectivity index (χ2n) is 8.58. The highest BCUT2D eigenvalue weighted by molar-refractivity contribution is 8.26. The monoisotopic (exact) mass is 491 g/mol. The Morgan fingerprint density at radius 2 is 1.79 bits per heavy atom. The van der Waals surface area contributed by atoms with Crippen LogP contribution in [0.5, 0.6) is 0 Å². The van der Waals surface area contributed by atoms with Gasteiger partial charge in [-0.2, -0.15) is 0 Å². The van der Waals surface area contributed by atoms with Crippen LogP contribution in [0.4, 0.5) is 5.82 Å². The van der Waals surface area contributed by atoms with Gasteiger partial charge in [-0.05, 0) is 30.2 Å². The minimum atomic E-state index is -0.192. The molecule has 0 N–H and O–H groups in total. The first kappa shape index (κ1) is 22.8. The molecule has 1 aromatic carbocycles. The van der Waals surface area contributed by atoms with Crippen LogP contribution in [0.25, 0.3) is 11.7 Å². The number of anilines is 1. The Bertz CT molecular complexity index is 1360. The highest BCUT2D eigenvalue weighted by Crippen LogP contribution is 2.32. The van der Waals surface area contributed by atoms with E-state index in [-0.39, 0.29) is 11.5 Å². The summed E-state index contributed by atoms with van der Waals surface area (Å²) >= 11 is 6.49. The molecule has 34 heavy (non-hydrogen) atoms. The standard InChI is InChI=1S/C25H25N5O2S2/c1-17-8-9-21-26-22(29-12-10-28(11-13-29)16-18-6-4-3-5-7-18)19(23(31)30(21)15-17)14-20-24(32)27(2)25(33)34-20/h3-9,14-15H,10-13,16H2,1-2H3/b20-14+. The molecule has 3 aromatic rings. The van der Waals surface area contributed by atoms with Crippen molar-refractivity contribution in [3.63, 3.8) is 0 Å². The van der Waals surface area contributed by atoms with Gasteiger partial charge in [0.15, 0.2) is 0 Å². The van der Waals surface area contributed by atoms with Gasteiger partial charge in [0.2, 0.25) is 0 Å². The van der Waals surface area contributed by atoms with Crippen molar-refractivity contribution in [3.8, 4) is 0 Å². The second-order valence-corrected chi connectivity index (χ2v) is 10.3. The lowest BCUT2D eigenvalue weighted by atomic mass is 10.2. The maximum Gasteiger partial charge on any atom is 0.267 e. The molecule has 0 radical (unpaired) electrons. The molecule has 0 unspecified atom stereocenters. The molecule has 174 valence electrons. The van der Waals surface area contributed by atoms with Gasteiger partial charge in [0.25, 0.3) is 11.5 Å². The smallest absolute Gasteiger partial charge is 0.267 e. The van der Waals surface area contributed by atoms with Crippen LogP contribution < -0.4 is 10.5 Å². The number of piperazine rings is 1. The summed E-state index contributed by atoms with van der Waals surface area (Å²) in [4.78, 5) is 37.6. The topological polar surface area (TPSA) is 61.2 Å². The predicted octanol–water partition coefficient (Wildman–Crippen LogP) is 3.16. The van der Waals surface area contributed by atoms with Crippen molar-refractivity contribution < 1.29 is 4.79 Å². The molecular formula is C25H25N5O2S2. The number of aryl methyl sites for hydroxylation is 1. The number of nitrogens with zero attached hydrogens (tertiary/aromatic N) is 5. The first-order valence-corrected chi connectivity index (χ1v) is 12.4. The third-order valence-corrected chi connectivity index (χ3v) is 7.65. The molecule has 0 bridgehead atoms. The van der Waals surface area contributed by atoms with E-state index < -0.39 is 0 Å². The summed E-state index contributed by atoms with van der Waals surface area (Å²) in [7, 11) is 1.65.